The molecule has 0 saturated heterocycles. The smallest absolute Gasteiger partial charge is 0.341 e. The molecular weight excluding hydrogens is 264 g/mol. The Labute approximate surface area is 125 Å². The van der Waals surface area contributed by atoms with E-state index in [-0.39, 0.29) is 5.97 Å². The predicted molar refractivity (Wildman–Crippen MR) is 83.0 cm³/mol. The maximum Gasteiger partial charge on any atom is 0.341 e. The van der Waals surface area contributed by atoms with Crippen molar-refractivity contribution in [1.82, 2.24) is 9.78 Å². The Morgan fingerprint density at radius 2 is 1.86 bits per heavy atom. The van der Waals surface area contributed by atoms with Crippen molar-refractivity contribution in [3.05, 3.63) is 46.8 Å². The Kier molecular flexibility index (Phi) is 4.78. The highest BCUT2D eigenvalue weighted by atomic mass is 16.5. The Balaban J connectivity index is 2.50. The van der Waals surface area contributed by atoms with Crippen LogP contribution in [0.25, 0.3) is 5.69 Å². The quantitative estimate of drug-likeness (QED) is 0.789. The maximum atomic E-state index is 12.0. The van der Waals surface area contributed by atoms with Gasteiger partial charge in [0, 0.05) is 0 Å². The summed E-state index contributed by atoms with van der Waals surface area (Å²) in [4.78, 5) is 12.0. The van der Waals surface area contributed by atoms with Gasteiger partial charge in [0.25, 0.3) is 0 Å². The van der Waals surface area contributed by atoms with Crippen LogP contribution in [0.4, 0.5) is 0 Å². The molecule has 4 nitrogen and oxygen atoms in total. The van der Waals surface area contributed by atoms with Gasteiger partial charge in [-0.25, -0.2) is 9.48 Å². The molecule has 0 aliphatic rings. The van der Waals surface area contributed by atoms with Gasteiger partial charge in [0.1, 0.15) is 5.56 Å². The summed E-state index contributed by atoms with van der Waals surface area (Å²) in [6.07, 6.45) is 3.35. The first-order valence-corrected chi connectivity index (χ1v) is 7.39. The molecule has 4 heteroatoms. The van der Waals surface area contributed by atoms with Gasteiger partial charge in [-0.2, -0.15) is 5.10 Å². The second kappa shape index (κ2) is 6.57. The fourth-order valence-corrected chi connectivity index (χ4v) is 2.53. The van der Waals surface area contributed by atoms with E-state index in [0.29, 0.717) is 12.2 Å². The van der Waals surface area contributed by atoms with Gasteiger partial charge < -0.3 is 4.74 Å². The number of carbonyl (C=O) groups is 1. The SMILES string of the molecule is CCCc1c(C(=O)OCC)cnn1-c1cc(C)cc(C)c1. The Hall–Kier alpha value is -2.10. The normalized spacial score (nSPS) is 10.7. The lowest BCUT2D eigenvalue weighted by Crippen LogP contribution is -2.10. The van der Waals surface area contributed by atoms with Gasteiger partial charge in [-0.3, -0.25) is 0 Å². The molecule has 0 saturated carbocycles. The van der Waals surface area contributed by atoms with Crippen molar-refractivity contribution in [3.63, 3.8) is 0 Å². The predicted octanol–water partition coefficient (Wildman–Crippen LogP) is 3.62. The number of hydrogen-bond acceptors (Lipinski definition) is 3. The van der Waals surface area contributed by atoms with E-state index in [1.54, 1.807) is 6.20 Å². The molecule has 0 bridgehead atoms. The molecular formula is C17H22N2O2. The molecule has 0 unspecified atom stereocenters. The lowest BCUT2D eigenvalue weighted by atomic mass is 10.1. The second-order valence-electron chi connectivity index (χ2n) is 5.23. The van der Waals surface area contributed by atoms with Crippen molar-refractivity contribution in [2.24, 2.45) is 0 Å². The first-order chi connectivity index (χ1) is 10.1. The minimum atomic E-state index is -0.295. The van der Waals surface area contributed by atoms with Crippen LogP contribution in [0.15, 0.2) is 24.4 Å². The average molecular weight is 286 g/mol. The minimum absolute atomic E-state index is 0.295. The number of benzene rings is 1. The van der Waals surface area contributed by atoms with Gasteiger partial charge >= 0.3 is 5.97 Å². The molecule has 1 heterocycles. The molecule has 0 aliphatic carbocycles. The standard InChI is InChI=1S/C17H22N2O2/c1-5-7-16-15(17(20)21-6-2)11-18-19(16)14-9-12(3)8-13(4)10-14/h8-11H,5-7H2,1-4H3. The summed E-state index contributed by atoms with van der Waals surface area (Å²) < 4.78 is 6.98. The Bertz CT molecular complexity index is 624. The zero-order valence-corrected chi connectivity index (χ0v) is 13.1. The molecule has 1 aromatic heterocycles. The van der Waals surface area contributed by atoms with Crippen molar-refractivity contribution >= 4 is 5.97 Å². The highest BCUT2D eigenvalue weighted by Crippen LogP contribution is 2.20. The van der Waals surface area contributed by atoms with E-state index >= 15 is 0 Å². The van der Waals surface area contributed by atoms with Crippen LogP contribution in [0, 0.1) is 13.8 Å². The summed E-state index contributed by atoms with van der Waals surface area (Å²) in [6.45, 7) is 8.40. The van der Waals surface area contributed by atoms with E-state index in [9.17, 15) is 4.79 Å². The number of hydrogen-bond donors (Lipinski definition) is 0. The van der Waals surface area contributed by atoms with Crippen LogP contribution in [0.1, 0.15) is 47.4 Å². The van der Waals surface area contributed by atoms with Crippen molar-refractivity contribution < 1.29 is 9.53 Å². The molecule has 0 N–H and O–H groups in total. The molecule has 2 aromatic rings. The first-order valence-electron chi connectivity index (χ1n) is 7.39. The molecule has 0 amide bonds. The van der Waals surface area contributed by atoms with Gasteiger partial charge in [0.2, 0.25) is 0 Å². The fraction of sp³-hybridized carbons (Fsp3) is 0.412. The monoisotopic (exact) mass is 286 g/mol. The molecule has 0 fully saturated rings. The van der Waals surface area contributed by atoms with Crippen LogP contribution < -0.4 is 0 Å². The molecule has 0 aliphatic heterocycles. The Morgan fingerprint density at radius 3 is 2.43 bits per heavy atom. The van der Waals surface area contributed by atoms with Gasteiger partial charge in [-0.15, -0.1) is 0 Å². The molecule has 0 spiro atoms. The third-order valence-corrected chi connectivity index (χ3v) is 3.30. The number of esters is 1. The van der Waals surface area contributed by atoms with Crippen molar-refractivity contribution in [1.29, 1.82) is 0 Å². The molecule has 112 valence electrons. The van der Waals surface area contributed by atoms with Crippen LogP contribution in [0.2, 0.25) is 0 Å². The van der Waals surface area contributed by atoms with Crippen molar-refractivity contribution in [3.8, 4) is 5.69 Å². The summed E-state index contributed by atoms with van der Waals surface area (Å²) in [5, 5.41) is 4.41. The third kappa shape index (κ3) is 3.32. The number of rotatable bonds is 5. The van der Waals surface area contributed by atoms with Gasteiger partial charge in [0.15, 0.2) is 0 Å². The number of ether oxygens (including phenoxy) is 1. The summed E-state index contributed by atoms with van der Waals surface area (Å²) in [5.41, 5.74) is 4.84. The summed E-state index contributed by atoms with van der Waals surface area (Å²) in [7, 11) is 0. The molecule has 21 heavy (non-hydrogen) atoms. The van der Waals surface area contributed by atoms with Crippen molar-refractivity contribution in [2.45, 2.75) is 40.5 Å². The number of aromatic nitrogens is 2. The zero-order valence-electron chi connectivity index (χ0n) is 13.1. The molecule has 1 aromatic carbocycles. The lowest BCUT2D eigenvalue weighted by molar-refractivity contribution is 0.0525. The zero-order chi connectivity index (χ0) is 15.4. The van der Waals surface area contributed by atoms with Crippen LogP contribution in [-0.2, 0) is 11.2 Å². The molecule has 0 atom stereocenters. The van der Waals surface area contributed by atoms with Gasteiger partial charge in [0.05, 0.1) is 24.2 Å². The number of nitrogens with zero attached hydrogens (tertiary/aromatic N) is 2. The van der Waals surface area contributed by atoms with E-state index in [2.05, 4.69) is 44.1 Å². The van der Waals surface area contributed by atoms with Gasteiger partial charge in [-0.05, 0) is 50.5 Å². The Morgan fingerprint density at radius 1 is 1.19 bits per heavy atom. The summed E-state index contributed by atoms with van der Waals surface area (Å²) >= 11 is 0. The van der Waals surface area contributed by atoms with Crippen LogP contribution >= 0.6 is 0 Å². The van der Waals surface area contributed by atoms with E-state index in [1.165, 1.54) is 11.1 Å². The van der Waals surface area contributed by atoms with E-state index in [4.69, 9.17) is 4.74 Å². The number of aryl methyl sites for hydroxylation is 2. The highest BCUT2D eigenvalue weighted by Gasteiger charge is 2.18. The van der Waals surface area contributed by atoms with E-state index in [0.717, 1.165) is 24.2 Å². The third-order valence-electron chi connectivity index (χ3n) is 3.30. The topological polar surface area (TPSA) is 44.1 Å². The van der Waals surface area contributed by atoms with Crippen LogP contribution in [0.5, 0.6) is 0 Å². The van der Waals surface area contributed by atoms with E-state index < -0.39 is 0 Å². The minimum Gasteiger partial charge on any atom is -0.462 e. The first kappa shape index (κ1) is 15.3. The maximum absolute atomic E-state index is 12.0. The number of carbonyl (C=O) groups excluding carboxylic acids is 1. The van der Waals surface area contributed by atoms with Crippen molar-refractivity contribution in [2.75, 3.05) is 6.61 Å². The highest BCUT2D eigenvalue weighted by molar-refractivity contribution is 5.90. The summed E-state index contributed by atoms with van der Waals surface area (Å²) in [6, 6.07) is 6.28. The van der Waals surface area contributed by atoms with E-state index in [1.807, 2.05) is 11.6 Å². The summed E-state index contributed by atoms with van der Waals surface area (Å²) in [5.74, 6) is -0.295. The van der Waals surface area contributed by atoms with Gasteiger partial charge in [-0.1, -0.05) is 19.4 Å². The average Bonchev–Trinajstić information content (AvgIpc) is 2.82. The second-order valence-corrected chi connectivity index (χ2v) is 5.23. The fourth-order valence-electron chi connectivity index (χ4n) is 2.53. The van der Waals surface area contributed by atoms with Crippen LogP contribution in [0.3, 0.4) is 0 Å². The largest absolute Gasteiger partial charge is 0.462 e. The molecule has 2 rings (SSSR count). The lowest BCUT2D eigenvalue weighted by Gasteiger charge is -2.10. The molecule has 0 radical (unpaired) electrons. The van der Waals surface area contributed by atoms with Crippen LogP contribution in [-0.4, -0.2) is 22.4 Å².